The molecule has 6 heteroatoms. The lowest BCUT2D eigenvalue weighted by Crippen LogP contribution is -2.28. The lowest BCUT2D eigenvalue weighted by atomic mass is 9.86. The van der Waals surface area contributed by atoms with E-state index in [1.54, 1.807) is 4.57 Å². The Morgan fingerprint density at radius 2 is 1.86 bits per heavy atom. The Kier molecular flexibility index (Phi) is 5.44. The topological polar surface area (TPSA) is 78.0 Å². The lowest BCUT2D eigenvalue weighted by molar-refractivity contribution is -0.118. The van der Waals surface area contributed by atoms with Crippen LogP contribution in [-0.2, 0) is 16.8 Å². The quantitative estimate of drug-likeness (QED) is 0.692. The fraction of sp³-hybridized carbons (Fsp3) is 0.409. The van der Waals surface area contributed by atoms with Crippen LogP contribution in [0.3, 0.4) is 0 Å². The molecule has 1 amide bonds. The Morgan fingerprint density at radius 3 is 2.39 bits per heavy atom. The molecule has 0 atom stereocenters. The highest BCUT2D eigenvalue weighted by Gasteiger charge is 2.19. The number of carbonyl (C=O) groups is 1. The summed E-state index contributed by atoms with van der Waals surface area (Å²) in [5.74, 6) is 0.335. The van der Waals surface area contributed by atoms with E-state index in [-0.39, 0.29) is 29.9 Å². The van der Waals surface area contributed by atoms with Crippen molar-refractivity contribution in [3.8, 4) is 11.1 Å². The Morgan fingerprint density at radius 1 is 1.21 bits per heavy atom. The number of carbonyl (C=O) groups excluding carboxylic acids is 1. The second kappa shape index (κ2) is 7.51. The van der Waals surface area contributed by atoms with E-state index in [2.05, 4.69) is 45.0 Å². The van der Waals surface area contributed by atoms with Crippen molar-refractivity contribution in [2.45, 2.75) is 58.9 Å². The van der Waals surface area contributed by atoms with Crippen molar-refractivity contribution in [1.29, 1.82) is 0 Å². The zero-order chi connectivity index (χ0) is 20.6. The summed E-state index contributed by atoms with van der Waals surface area (Å²) in [7, 11) is 0. The van der Waals surface area contributed by atoms with Crippen molar-refractivity contribution < 1.29 is 4.79 Å². The minimum absolute atomic E-state index is 0.0709. The van der Waals surface area contributed by atoms with Gasteiger partial charge in [-0.25, -0.2) is 4.98 Å². The highest BCUT2D eigenvalue weighted by molar-refractivity contribution is 7.17. The number of fused-ring (bicyclic) bond motifs is 1. The van der Waals surface area contributed by atoms with Crippen LogP contribution in [0.5, 0.6) is 0 Å². The molecular formula is C22H27N3O2S. The first-order valence-electron chi connectivity index (χ1n) is 9.50. The number of aromatic nitrogens is 2. The van der Waals surface area contributed by atoms with Crippen LogP contribution in [0.1, 0.15) is 58.3 Å². The minimum atomic E-state index is -0.426. The number of primary amides is 1. The van der Waals surface area contributed by atoms with Gasteiger partial charge in [-0.1, -0.05) is 58.9 Å². The predicted molar refractivity (Wildman–Crippen MR) is 116 cm³/mol. The normalized spacial score (nSPS) is 12.1. The third-order valence-corrected chi connectivity index (χ3v) is 5.76. The van der Waals surface area contributed by atoms with Gasteiger partial charge in [-0.2, -0.15) is 0 Å². The van der Waals surface area contributed by atoms with Crippen molar-refractivity contribution in [1.82, 2.24) is 9.55 Å². The van der Waals surface area contributed by atoms with Gasteiger partial charge in [0.25, 0.3) is 5.56 Å². The summed E-state index contributed by atoms with van der Waals surface area (Å²) in [5.41, 5.74) is 8.41. The van der Waals surface area contributed by atoms with E-state index in [0.29, 0.717) is 11.2 Å². The number of amides is 1. The molecule has 0 fully saturated rings. The van der Waals surface area contributed by atoms with Gasteiger partial charge in [0.05, 0.1) is 5.39 Å². The summed E-state index contributed by atoms with van der Waals surface area (Å²) in [5, 5.41) is 2.61. The summed E-state index contributed by atoms with van der Waals surface area (Å²) >= 11 is 1.48. The molecule has 0 unspecified atom stereocenters. The summed E-state index contributed by atoms with van der Waals surface area (Å²) in [4.78, 5) is 30.1. The molecule has 0 spiro atoms. The number of benzene rings is 1. The lowest BCUT2D eigenvalue weighted by Gasteiger charge is -2.19. The SMILES string of the molecule is CC(C)c1nc2scc(-c3ccc(C(C)(C)C)cc3)c2c(=O)n1CCC(N)=O. The maximum Gasteiger partial charge on any atom is 0.262 e. The first kappa shape index (κ1) is 20.3. The van der Waals surface area contributed by atoms with Crippen molar-refractivity contribution in [2.75, 3.05) is 0 Å². The largest absolute Gasteiger partial charge is 0.370 e. The molecule has 0 radical (unpaired) electrons. The third-order valence-electron chi connectivity index (χ3n) is 4.88. The third kappa shape index (κ3) is 3.87. The van der Waals surface area contributed by atoms with E-state index in [1.165, 1.54) is 16.9 Å². The van der Waals surface area contributed by atoms with Crippen molar-refractivity contribution >= 4 is 27.5 Å². The molecular weight excluding hydrogens is 370 g/mol. The van der Waals surface area contributed by atoms with Gasteiger partial charge >= 0.3 is 0 Å². The average molecular weight is 398 g/mol. The van der Waals surface area contributed by atoms with Crippen LogP contribution >= 0.6 is 11.3 Å². The molecule has 0 saturated heterocycles. The van der Waals surface area contributed by atoms with Crippen LogP contribution in [0, 0.1) is 0 Å². The van der Waals surface area contributed by atoms with Crippen LogP contribution in [0.2, 0.25) is 0 Å². The number of nitrogens with two attached hydrogens (primary N) is 1. The fourth-order valence-electron chi connectivity index (χ4n) is 3.28. The van der Waals surface area contributed by atoms with E-state index in [9.17, 15) is 9.59 Å². The van der Waals surface area contributed by atoms with Crippen LogP contribution < -0.4 is 11.3 Å². The van der Waals surface area contributed by atoms with E-state index >= 15 is 0 Å². The number of hydrogen-bond acceptors (Lipinski definition) is 4. The van der Waals surface area contributed by atoms with E-state index in [1.807, 2.05) is 19.2 Å². The van der Waals surface area contributed by atoms with Crippen LogP contribution in [0.4, 0.5) is 0 Å². The minimum Gasteiger partial charge on any atom is -0.370 e. The fourth-order valence-corrected chi connectivity index (χ4v) is 4.23. The summed E-state index contributed by atoms with van der Waals surface area (Å²) in [6, 6.07) is 8.35. The molecule has 1 aromatic carbocycles. The first-order valence-corrected chi connectivity index (χ1v) is 10.4. The maximum absolute atomic E-state index is 13.3. The standard InChI is InChI=1S/C22H27N3O2S/c1-13(2)19-24-20-18(21(27)25(19)11-10-17(23)26)16(12-28-20)14-6-8-15(9-7-14)22(3,4)5/h6-9,12-13H,10-11H2,1-5H3,(H2,23,26). The van der Waals surface area contributed by atoms with Gasteiger partial charge in [0.15, 0.2) is 0 Å². The van der Waals surface area contributed by atoms with Gasteiger partial charge in [0, 0.05) is 29.8 Å². The maximum atomic E-state index is 13.3. The van der Waals surface area contributed by atoms with Crippen molar-refractivity contribution in [2.24, 2.45) is 5.73 Å². The Hall–Kier alpha value is -2.47. The molecule has 0 aliphatic rings. The molecule has 5 nitrogen and oxygen atoms in total. The second-order valence-corrected chi connectivity index (χ2v) is 9.31. The van der Waals surface area contributed by atoms with Crippen molar-refractivity contribution in [3.63, 3.8) is 0 Å². The van der Waals surface area contributed by atoms with Gasteiger partial charge in [-0.05, 0) is 16.5 Å². The zero-order valence-electron chi connectivity index (χ0n) is 17.1. The molecule has 0 saturated carbocycles. The number of thiophene rings is 1. The molecule has 0 aliphatic heterocycles. The molecule has 2 heterocycles. The molecule has 0 bridgehead atoms. The van der Waals surface area contributed by atoms with Gasteiger partial charge in [-0.3, -0.25) is 14.2 Å². The van der Waals surface area contributed by atoms with Crippen LogP contribution in [-0.4, -0.2) is 15.5 Å². The smallest absolute Gasteiger partial charge is 0.262 e. The molecule has 0 aliphatic carbocycles. The van der Waals surface area contributed by atoms with Gasteiger partial charge in [-0.15, -0.1) is 11.3 Å². The summed E-state index contributed by atoms with van der Waals surface area (Å²) < 4.78 is 1.61. The number of hydrogen-bond donors (Lipinski definition) is 1. The average Bonchev–Trinajstić information content (AvgIpc) is 3.04. The van der Waals surface area contributed by atoms with Gasteiger partial charge in [0.1, 0.15) is 10.7 Å². The first-order chi connectivity index (χ1) is 13.1. The monoisotopic (exact) mass is 397 g/mol. The van der Waals surface area contributed by atoms with E-state index in [4.69, 9.17) is 10.7 Å². The Labute approximate surface area is 169 Å². The van der Waals surface area contributed by atoms with Crippen LogP contribution in [0.25, 0.3) is 21.3 Å². The molecule has 148 valence electrons. The van der Waals surface area contributed by atoms with E-state index < -0.39 is 5.91 Å². The van der Waals surface area contributed by atoms with Gasteiger partial charge < -0.3 is 5.73 Å². The van der Waals surface area contributed by atoms with E-state index in [0.717, 1.165) is 16.0 Å². The Bertz CT molecular complexity index is 1070. The summed E-state index contributed by atoms with van der Waals surface area (Å²) in [6.45, 7) is 10.8. The molecule has 2 N–H and O–H groups in total. The van der Waals surface area contributed by atoms with Crippen LogP contribution in [0.15, 0.2) is 34.4 Å². The molecule has 28 heavy (non-hydrogen) atoms. The molecule has 2 aromatic heterocycles. The molecule has 3 rings (SSSR count). The molecule has 3 aromatic rings. The Balaban J connectivity index is 2.16. The van der Waals surface area contributed by atoms with Crippen molar-refractivity contribution in [3.05, 3.63) is 51.4 Å². The predicted octanol–water partition coefficient (Wildman–Crippen LogP) is 4.42. The second-order valence-electron chi connectivity index (χ2n) is 8.45. The zero-order valence-corrected chi connectivity index (χ0v) is 17.9. The highest BCUT2D eigenvalue weighted by Crippen LogP contribution is 2.33. The van der Waals surface area contributed by atoms with Gasteiger partial charge in [0.2, 0.25) is 5.91 Å². The summed E-state index contributed by atoms with van der Waals surface area (Å²) in [6.07, 6.45) is 0.118. The number of nitrogens with zero attached hydrogens (tertiary/aromatic N) is 2. The highest BCUT2D eigenvalue weighted by atomic mass is 32.1. The number of rotatable bonds is 5.